The SMILES string of the molecule is Brc1c(-c2sc3cc4ccccc4cc3c2Br)sc2cc3ccccc3cc12. The molecular formula is C24H12Br2S2. The van der Waals surface area contributed by atoms with E-state index < -0.39 is 0 Å². The fraction of sp³-hybridized carbons (Fsp3) is 0. The number of hydrogen-bond acceptors (Lipinski definition) is 2. The van der Waals surface area contributed by atoms with Crippen molar-refractivity contribution in [1.29, 1.82) is 0 Å². The zero-order valence-corrected chi connectivity index (χ0v) is 19.3. The van der Waals surface area contributed by atoms with Gasteiger partial charge in [0, 0.05) is 29.1 Å². The Labute approximate surface area is 186 Å². The maximum Gasteiger partial charge on any atom is 0.0609 e. The highest BCUT2D eigenvalue weighted by Gasteiger charge is 2.19. The average Bonchev–Trinajstić information content (AvgIpc) is 3.21. The number of hydrogen-bond donors (Lipinski definition) is 0. The first-order chi connectivity index (χ1) is 13.7. The van der Waals surface area contributed by atoms with Crippen LogP contribution >= 0.6 is 54.5 Å². The first-order valence-electron chi connectivity index (χ1n) is 8.91. The van der Waals surface area contributed by atoms with Crippen molar-refractivity contribution in [3.05, 3.63) is 81.7 Å². The Morgan fingerprint density at radius 1 is 0.500 bits per heavy atom. The summed E-state index contributed by atoms with van der Waals surface area (Å²) in [4.78, 5) is 2.59. The normalized spacial score (nSPS) is 11.9. The maximum absolute atomic E-state index is 3.91. The Kier molecular flexibility index (Phi) is 3.92. The Morgan fingerprint density at radius 2 is 0.857 bits per heavy atom. The van der Waals surface area contributed by atoms with Gasteiger partial charge in [-0.05, 0) is 77.7 Å². The summed E-state index contributed by atoms with van der Waals surface area (Å²) < 4.78 is 5.01. The third-order valence-electron chi connectivity index (χ3n) is 5.20. The molecule has 0 fully saturated rings. The molecule has 0 N–H and O–H groups in total. The Bertz CT molecular complexity index is 1420. The molecule has 0 aliphatic heterocycles. The van der Waals surface area contributed by atoms with Crippen LogP contribution in [-0.2, 0) is 0 Å². The fourth-order valence-corrected chi connectivity index (χ4v) is 8.25. The molecule has 6 aromatic rings. The van der Waals surface area contributed by atoms with Crippen LogP contribution in [0.1, 0.15) is 0 Å². The van der Waals surface area contributed by atoms with E-state index in [2.05, 4.69) is 105 Å². The average molecular weight is 524 g/mol. The lowest BCUT2D eigenvalue weighted by Crippen LogP contribution is -1.72. The van der Waals surface area contributed by atoms with Crippen LogP contribution in [-0.4, -0.2) is 0 Å². The minimum atomic E-state index is 1.19. The third kappa shape index (κ3) is 2.52. The van der Waals surface area contributed by atoms with Crippen molar-refractivity contribution in [2.75, 3.05) is 0 Å². The molecule has 0 atom stereocenters. The first-order valence-corrected chi connectivity index (χ1v) is 12.1. The predicted molar refractivity (Wildman–Crippen MR) is 133 cm³/mol. The summed E-state index contributed by atoms with van der Waals surface area (Å²) in [6.07, 6.45) is 0. The molecule has 28 heavy (non-hydrogen) atoms. The molecule has 0 amide bonds. The van der Waals surface area contributed by atoms with E-state index in [4.69, 9.17) is 0 Å². The fourth-order valence-electron chi connectivity index (χ4n) is 3.80. The van der Waals surface area contributed by atoms with Crippen molar-refractivity contribution in [3.63, 3.8) is 0 Å². The van der Waals surface area contributed by atoms with Gasteiger partial charge in [0.15, 0.2) is 0 Å². The Morgan fingerprint density at radius 3 is 1.25 bits per heavy atom. The Hall–Kier alpha value is -1.72. The van der Waals surface area contributed by atoms with Gasteiger partial charge in [-0.15, -0.1) is 22.7 Å². The van der Waals surface area contributed by atoms with Crippen LogP contribution in [0.25, 0.3) is 51.5 Å². The molecule has 0 bridgehead atoms. The molecule has 4 heteroatoms. The van der Waals surface area contributed by atoms with Crippen molar-refractivity contribution in [1.82, 2.24) is 0 Å². The van der Waals surface area contributed by atoms with E-state index >= 15 is 0 Å². The molecule has 0 saturated carbocycles. The van der Waals surface area contributed by atoms with Gasteiger partial charge < -0.3 is 0 Å². The second-order valence-corrected chi connectivity index (χ2v) is 10.6. The molecule has 0 nitrogen and oxygen atoms in total. The van der Waals surface area contributed by atoms with Crippen LogP contribution in [0, 0.1) is 0 Å². The van der Waals surface area contributed by atoms with Gasteiger partial charge in [-0.3, -0.25) is 0 Å². The quantitative estimate of drug-likeness (QED) is 0.201. The minimum Gasteiger partial charge on any atom is -0.133 e. The number of fused-ring (bicyclic) bond motifs is 4. The Balaban J connectivity index is 1.64. The van der Waals surface area contributed by atoms with Crippen molar-refractivity contribution >= 4 is 96.3 Å². The highest BCUT2D eigenvalue weighted by atomic mass is 79.9. The second-order valence-electron chi connectivity index (χ2n) is 6.88. The predicted octanol–water partition coefficient (Wildman–Crippen LogP) is 9.61. The van der Waals surface area contributed by atoms with Crippen molar-refractivity contribution in [2.45, 2.75) is 0 Å². The molecule has 134 valence electrons. The van der Waals surface area contributed by atoms with Gasteiger partial charge in [-0.2, -0.15) is 0 Å². The minimum absolute atomic E-state index is 1.19. The van der Waals surface area contributed by atoms with Crippen molar-refractivity contribution in [2.24, 2.45) is 0 Å². The molecule has 0 unspecified atom stereocenters. The van der Waals surface area contributed by atoms with Gasteiger partial charge in [-0.25, -0.2) is 0 Å². The van der Waals surface area contributed by atoms with Crippen LogP contribution in [0.5, 0.6) is 0 Å². The zero-order chi connectivity index (χ0) is 18.8. The van der Waals surface area contributed by atoms with Crippen LogP contribution in [0.2, 0.25) is 0 Å². The number of rotatable bonds is 1. The van der Waals surface area contributed by atoms with E-state index in [1.807, 2.05) is 22.7 Å². The molecule has 2 aromatic heterocycles. The summed E-state index contributed by atoms with van der Waals surface area (Å²) in [5, 5.41) is 7.71. The van der Waals surface area contributed by atoms with E-state index in [1.165, 1.54) is 60.4 Å². The molecule has 0 radical (unpaired) electrons. The van der Waals surface area contributed by atoms with Crippen LogP contribution < -0.4 is 0 Å². The molecule has 0 spiro atoms. The van der Waals surface area contributed by atoms with Gasteiger partial charge in [-0.1, -0.05) is 48.5 Å². The zero-order valence-electron chi connectivity index (χ0n) is 14.5. The molecule has 2 heterocycles. The summed E-state index contributed by atoms with van der Waals surface area (Å²) in [5.41, 5.74) is 0. The van der Waals surface area contributed by atoms with Gasteiger partial charge in [0.1, 0.15) is 0 Å². The molecule has 0 aliphatic rings. The summed E-state index contributed by atoms with van der Waals surface area (Å²) >= 11 is 11.5. The summed E-state index contributed by atoms with van der Waals surface area (Å²) in [5.74, 6) is 0. The van der Waals surface area contributed by atoms with E-state index in [9.17, 15) is 0 Å². The van der Waals surface area contributed by atoms with Gasteiger partial charge in [0.05, 0.1) is 9.75 Å². The van der Waals surface area contributed by atoms with Gasteiger partial charge in [0.25, 0.3) is 0 Å². The van der Waals surface area contributed by atoms with E-state index in [0.29, 0.717) is 0 Å². The topological polar surface area (TPSA) is 0 Å². The lowest BCUT2D eigenvalue weighted by molar-refractivity contribution is 1.80. The lowest BCUT2D eigenvalue weighted by Gasteiger charge is -1.98. The number of thiophene rings is 2. The van der Waals surface area contributed by atoms with E-state index in [1.54, 1.807) is 0 Å². The molecule has 4 aromatic carbocycles. The van der Waals surface area contributed by atoms with Crippen molar-refractivity contribution < 1.29 is 0 Å². The number of benzene rings is 4. The van der Waals surface area contributed by atoms with Crippen LogP contribution in [0.4, 0.5) is 0 Å². The highest BCUT2D eigenvalue weighted by molar-refractivity contribution is 9.11. The summed E-state index contributed by atoms with van der Waals surface area (Å²) in [6.45, 7) is 0. The van der Waals surface area contributed by atoms with E-state index in [0.717, 1.165) is 0 Å². The lowest BCUT2D eigenvalue weighted by atomic mass is 10.1. The smallest absolute Gasteiger partial charge is 0.0609 e. The molecule has 6 rings (SSSR count). The summed E-state index contributed by atoms with van der Waals surface area (Å²) in [6, 6.07) is 26.3. The molecular weight excluding hydrogens is 512 g/mol. The second kappa shape index (κ2) is 6.39. The largest absolute Gasteiger partial charge is 0.133 e. The highest BCUT2D eigenvalue weighted by Crippen LogP contribution is 2.51. The standard InChI is InChI=1S/C24H12Br2S2/c25-21-17-9-13-5-1-3-7-15(13)11-19(17)27-23(21)24-22(26)18-10-14-6-2-4-8-16(14)12-20(18)28-24/h1-12H. The van der Waals surface area contributed by atoms with Gasteiger partial charge in [0.2, 0.25) is 0 Å². The van der Waals surface area contributed by atoms with Crippen LogP contribution in [0.15, 0.2) is 81.7 Å². The van der Waals surface area contributed by atoms with Crippen LogP contribution in [0.3, 0.4) is 0 Å². The maximum atomic E-state index is 3.91. The molecule has 0 aliphatic carbocycles. The van der Waals surface area contributed by atoms with E-state index in [-0.39, 0.29) is 0 Å². The number of halogens is 2. The van der Waals surface area contributed by atoms with Gasteiger partial charge >= 0.3 is 0 Å². The molecule has 0 saturated heterocycles. The third-order valence-corrected chi connectivity index (χ3v) is 9.84. The monoisotopic (exact) mass is 522 g/mol. The first kappa shape index (κ1) is 17.2. The van der Waals surface area contributed by atoms with Crippen molar-refractivity contribution in [3.8, 4) is 9.75 Å². The summed E-state index contributed by atoms with van der Waals surface area (Å²) in [7, 11) is 0.